The summed E-state index contributed by atoms with van der Waals surface area (Å²) in [5.74, 6) is 0.795. The van der Waals surface area contributed by atoms with E-state index in [-0.39, 0.29) is 12.5 Å². The quantitative estimate of drug-likeness (QED) is 0.462. The van der Waals surface area contributed by atoms with Crippen LogP contribution in [0.3, 0.4) is 0 Å². The molecule has 2 aromatic rings. The Kier molecular flexibility index (Phi) is 8.72. The van der Waals surface area contributed by atoms with Crippen molar-refractivity contribution in [2.24, 2.45) is 4.99 Å². The van der Waals surface area contributed by atoms with Crippen molar-refractivity contribution in [1.82, 2.24) is 15.5 Å². The molecule has 0 saturated carbocycles. The van der Waals surface area contributed by atoms with Gasteiger partial charge in [-0.3, -0.25) is 9.89 Å². The molecule has 3 N–H and O–H groups in total. The van der Waals surface area contributed by atoms with E-state index >= 15 is 0 Å². The zero-order valence-electron chi connectivity index (χ0n) is 18.3. The summed E-state index contributed by atoms with van der Waals surface area (Å²) in [5.41, 5.74) is 3.82. The molecule has 2 unspecified atom stereocenters. The summed E-state index contributed by atoms with van der Waals surface area (Å²) in [4.78, 5) is 6.96. The highest BCUT2D eigenvalue weighted by atomic mass is 16.3. The summed E-state index contributed by atoms with van der Waals surface area (Å²) in [6.45, 7) is 6.00. The second-order valence-corrected chi connectivity index (χ2v) is 8.18. The zero-order valence-corrected chi connectivity index (χ0v) is 18.3. The van der Waals surface area contributed by atoms with Crippen molar-refractivity contribution in [2.75, 3.05) is 26.7 Å². The van der Waals surface area contributed by atoms with Crippen LogP contribution in [-0.2, 0) is 13.1 Å². The van der Waals surface area contributed by atoms with E-state index in [0.29, 0.717) is 12.6 Å². The van der Waals surface area contributed by atoms with Crippen molar-refractivity contribution in [1.29, 1.82) is 0 Å². The average molecular weight is 409 g/mol. The van der Waals surface area contributed by atoms with Gasteiger partial charge in [0.1, 0.15) is 0 Å². The van der Waals surface area contributed by atoms with Crippen LogP contribution in [0.15, 0.2) is 59.6 Å². The highest BCUT2D eigenvalue weighted by Gasteiger charge is 2.19. The maximum absolute atomic E-state index is 9.78. The predicted octanol–water partition coefficient (Wildman–Crippen LogP) is 3.50. The van der Waals surface area contributed by atoms with E-state index in [1.165, 1.54) is 36.9 Å². The van der Waals surface area contributed by atoms with Gasteiger partial charge in [0.2, 0.25) is 0 Å². The minimum atomic E-state index is 0.0395. The van der Waals surface area contributed by atoms with E-state index in [4.69, 9.17) is 0 Å². The van der Waals surface area contributed by atoms with Crippen LogP contribution >= 0.6 is 0 Å². The van der Waals surface area contributed by atoms with Crippen LogP contribution in [-0.4, -0.2) is 48.8 Å². The van der Waals surface area contributed by atoms with Gasteiger partial charge in [0.25, 0.3) is 0 Å². The van der Waals surface area contributed by atoms with E-state index < -0.39 is 0 Å². The largest absolute Gasteiger partial charge is 0.396 e. The van der Waals surface area contributed by atoms with Crippen LogP contribution in [0.2, 0.25) is 0 Å². The fourth-order valence-electron chi connectivity index (χ4n) is 4.13. The lowest BCUT2D eigenvalue weighted by Crippen LogP contribution is -2.40. The van der Waals surface area contributed by atoms with Crippen molar-refractivity contribution in [3.63, 3.8) is 0 Å². The van der Waals surface area contributed by atoms with Crippen LogP contribution in [0, 0.1) is 0 Å². The summed E-state index contributed by atoms with van der Waals surface area (Å²) in [6.07, 6.45) is 3.94. The molecule has 2 aromatic carbocycles. The Hall–Kier alpha value is -2.37. The molecular formula is C25H36N4O. The van der Waals surface area contributed by atoms with Crippen LogP contribution < -0.4 is 10.6 Å². The third kappa shape index (κ3) is 6.31. The van der Waals surface area contributed by atoms with Crippen molar-refractivity contribution in [3.05, 3.63) is 71.3 Å². The number of nitrogens with one attached hydrogen (secondary N) is 2. The van der Waals surface area contributed by atoms with Gasteiger partial charge in [-0.2, -0.15) is 0 Å². The minimum Gasteiger partial charge on any atom is -0.396 e. The number of likely N-dealkylation sites (tertiary alicyclic amines) is 1. The number of guanidine groups is 1. The molecule has 30 heavy (non-hydrogen) atoms. The Labute approximate surface area is 181 Å². The first-order chi connectivity index (χ1) is 14.7. The van der Waals surface area contributed by atoms with Gasteiger partial charge in [-0.05, 0) is 43.0 Å². The number of aliphatic hydroxyl groups is 1. The maximum Gasteiger partial charge on any atom is 0.191 e. The maximum atomic E-state index is 9.78. The van der Waals surface area contributed by atoms with Gasteiger partial charge >= 0.3 is 0 Å². The van der Waals surface area contributed by atoms with Gasteiger partial charge in [-0.25, -0.2) is 0 Å². The third-order valence-corrected chi connectivity index (χ3v) is 6.11. The second kappa shape index (κ2) is 11.7. The fraction of sp³-hybridized carbons (Fsp3) is 0.480. The van der Waals surface area contributed by atoms with E-state index in [1.54, 1.807) is 7.05 Å². The molecule has 3 rings (SSSR count). The molecule has 1 saturated heterocycles. The van der Waals surface area contributed by atoms with Gasteiger partial charge in [-0.15, -0.1) is 0 Å². The van der Waals surface area contributed by atoms with E-state index in [9.17, 15) is 5.11 Å². The first-order valence-electron chi connectivity index (χ1n) is 11.1. The van der Waals surface area contributed by atoms with Crippen molar-refractivity contribution < 1.29 is 5.11 Å². The highest BCUT2D eigenvalue weighted by molar-refractivity contribution is 5.79. The lowest BCUT2D eigenvalue weighted by molar-refractivity contribution is 0.152. The van der Waals surface area contributed by atoms with Gasteiger partial charge in [0.15, 0.2) is 5.96 Å². The normalized spacial score (nSPS) is 18.8. The Morgan fingerprint density at radius 2 is 1.80 bits per heavy atom. The summed E-state index contributed by atoms with van der Waals surface area (Å²) in [7, 11) is 1.78. The standard InChI is InChI=1S/C25H36N4O/c1-20-10-8-9-15-29(20)18-23-14-7-6-13-22(23)16-27-25(26-2)28-17-24(19-30)21-11-4-3-5-12-21/h3-7,11-14,20,24,30H,8-10,15-19H2,1-2H3,(H2,26,27,28). The lowest BCUT2D eigenvalue weighted by Gasteiger charge is -2.33. The molecule has 0 aromatic heterocycles. The smallest absolute Gasteiger partial charge is 0.191 e. The minimum absolute atomic E-state index is 0.0395. The van der Waals surface area contributed by atoms with Crippen LogP contribution in [0.25, 0.3) is 0 Å². The first kappa shape index (κ1) is 22.3. The molecule has 1 heterocycles. The van der Waals surface area contributed by atoms with Crippen molar-refractivity contribution in [3.8, 4) is 0 Å². The Balaban J connectivity index is 1.56. The van der Waals surface area contributed by atoms with Crippen LogP contribution in [0.4, 0.5) is 0 Å². The summed E-state index contributed by atoms with van der Waals surface area (Å²) >= 11 is 0. The Morgan fingerprint density at radius 3 is 2.50 bits per heavy atom. The summed E-state index contributed by atoms with van der Waals surface area (Å²) in [6, 6.07) is 19.4. The first-order valence-corrected chi connectivity index (χ1v) is 11.1. The molecule has 1 aliphatic heterocycles. The topological polar surface area (TPSA) is 59.9 Å². The summed E-state index contributed by atoms with van der Waals surface area (Å²) in [5, 5.41) is 16.6. The number of hydrogen-bond acceptors (Lipinski definition) is 3. The van der Waals surface area contributed by atoms with Crippen molar-refractivity contribution in [2.45, 2.75) is 51.2 Å². The van der Waals surface area contributed by atoms with E-state index in [1.807, 2.05) is 18.2 Å². The molecule has 0 radical (unpaired) electrons. The van der Waals surface area contributed by atoms with Crippen LogP contribution in [0.5, 0.6) is 0 Å². The molecule has 5 nitrogen and oxygen atoms in total. The van der Waals surface area contributed by atoms with Gasteiger partial charge in [0, 0.05) is 38.6 Å². The molecule has 2 atom stereocenters. The number of aliphatic hydroxyl groups excluding tert-OH is 1. The van der Waals surface area contributed by atoms with Gasteiger partial charge < -0.3 is 15.7 Å². The highest BCUT2D eigenvalue weighted by Crippen LogP contribution is 2.21. The third-order valence-electron chi connectivity index (χ3n) is 6.11. The Morgan fingerprint density at radius 1 is 1.07 bits per heavy atom. The molecule has 1 aliphatic rings. The zero-order chi connectivity index (χ0) is 21.2. The van der Waals surface area contributed by atoms with Crippen molar-refractivity contribution >= 4 is 5.96 Å². The SMILES string of the molecule is CN=C(NCc1ccccc1CN1CCCCC1C)NCC(CO)c1ccccc1. The Bertz CT molecular complexity index is 793. The molecular weight excluding hydrogens is 372 g/mol. The molecule has 5 heteroatoms. The molecule has 0 spiro atoms. The van der Waals surface area contributed by atoms with Crippen LogP contribution in [0.1, 0.15) is 48.8 Å². The monoisotopic (exact) mass is 408 g/mol. The number of hydrogen-bond donors (Lipinski definition) is 3. The fourth-order valence-corrected chi connectivity index (χ4v) is 4.13. The molecule has 0 amide bonds. The number of piperidine rings is 1. The van der Waals surface area contributed by atoms with E-state index in [2.05, 4.69) is 63.8 Å². The molecule has 162 valence electrons. The lowest BCUT2D eigenvalue weighted by atomic mass is 10.0. The molecule has 0 aliphatic carbocycles. The average Bonchev–Trinajstić information content (AvgIpc) is 2.79. The van der Waals surface area contributed by atoms with Gasteiger partial charge in [0.05, 0.1) is 6.61 Å². The molecule has 1 fully saturated rings. The van der Waals surface area contributed by atoms with Gasteiger partial charge in [-0.1, -0.05) is 61.0 Å². The molecule has 0 bridgehead atoms. The summed E-state index contributed by atoms with van der Waals surface area (Å²) < 4.78 is 0. The van der Waals surface area contributed by atoms with E-state index in [0.717, 1.165) is 24.6 Å². The number of benzene rings is 2. The number of rotatable bonds is 8. The predicted molar refractivity (Wildman–Crippen MR) is 125 cm³/mol. The number of nitrogens with zero attached hydrogens (tertiary/aromatic N) is 2. The second-order valence-electron chi connectivity index (χ2n) is 8.18. The number of aliphatic imine (C=N–C) groups is 1.